The molecule has 0 aliphatic rings. The van der Waals surface area contributed by atoms with Crippen molar-refractivity contribution in [1.29, 1.82) is 0 Å². The van der Waals surface area contributed by atoms with Crippen LogP contribution < -0.4 is 0 Å². The molecule has 1 aromatic heterocycles. The minimum absolute atomic E-state index is 0.325. The topological polar surface area (TPSA) is 26.3 Å². The average molecular weight is 237 g/mol. The molecule has 0 N–H and O–H groups in total. The molecule has 0 saturated carbocycles. The Balaban J connectivity index is 2.45. The minimum Gasteiger partial charge on any atom is -0.461 e. The van der Waals surface area contributed by atoms with Gasteiger partial charge in [0.15, 0.2) is 0 Å². The Morgan fingerprint density at radius 2 is 2.54 bits per heavy atom. The lowest BCUT2D eigenvalue weighted by atomic mass is 10.5. The molecule has 0 aromatic carbocycles. The Hall–Kier alpha value is -0.190. The van der Waals surface area contributed by atoms with Crippen molar-refractivity contribution in [2.24, 2.45) is 0 Å². The fourth-order valence-corrected chi connectivity index (χ4v) is 2.00. The summed E-state index contributed by atoms with van der Waals surface area (Å²) in [5, 5.41) is 2.24. The van der Waals surface area contributed by atoms with E-state index in [0.29, 0.717) is 16.5 Å². The summed E-state index contributed by atoms with van der Waals surface area (Å²) in [6.07, 6.45) is 1.96. The maximum absolute atomic E-state index is 11.3. The Kier molecular flexibility index (Phi) is 4.62. The van der Waals surface area contributed by atoms with E-state index < -0.39 is 0 Å². The van der Waals surface area contributed by atoms with Gasteiger partial charge in [-0.15, -0.1) is 11.3 Å². The maximum atomic E-state index is 11.3. The van der Waals surface area contributed by atoms with Gasteiger partial charge in [0.25, 0.3) is 0 Å². The van der Waals surface area contributed by atoms with Gasteiger partial charge in [-0.3, -0.25) is 0 Å². The Morgan fingerprint density at radius 1 is 1.77 bits per heavy atom. The average Bonchev–Trinajstić information content (AvgIpc) is 2.52. The van der Waals surface area contributed by atoms with Crippen LogP contribution in [0, 0.1) is 0 Å². The van der Waals surface area contributed by atoms with Crippen LogP contribution in [0.4, 0.5) is 0 Å². The van der Waals surface area contributed by atoms with E-state index >= 15 is 0 Å². The molecule has 5 heteroatoms. The molecule has 0 unspecified atom stereocenters. The van der Waals surface area contributed by atoms with Crippen LogP contribution in [0.3, 0.4) is 0 Å². The number of esters is 1. The van der Waals surface area contributed by atoms with Gasteiger partial charge < -0.3 is 4.74 Å². The quantitative estimate of drug-likeness (QED) is 0.594. The highest BCUT2D eigenvalue weighted by Crippen LogP contribution is 2.22. The molecule has 13 heavy (non-hydrogen) atoms. The largest absolute Gasteiger partial charge is 0.461 e. The molecule has 0 bridgehead atoms. The molecule has 72 valence electrons. The highest BCUT2D eigenvalue weighted by atomic mass is 35.5. The monoisotopic (exact) mass is 236 g/mol. The molecule has 0 aliphatic heterocycles. The van der Waals surface area contributed by atoms with Crippen LogP contribution in [-0.2, 0) is 4.74 Å². The van der Waals surface area contributed by atoms with Crippen molar-refractivity contribution < 1.29 is 9.53 Å². The smallest absolute Gasteiger partial charge is 0.349 e. The second-order valence-electron chi connectivity index (χ2n) is 2.23. The summed E-state index contributed by atoms with van der Waals surface area (Å²) in [6, 6.07) is 1.69. The van der Waals surface area contributed by atoms with E-state index in [-0.39, 0.29) is 5.97 Å². The normalized spacial score (nSPS) is 10.0. The molecule has 0 amide bonds. The lowest BCUT2D eigenvalue weighted by Crippen LogP contribution is -2.06. The molecule has 0 fully saturated rings. The number of thiophene rings is 1. The van der Waals surface area contributed by atoms with Gasteiger partial charge in [0.2, 0.25) is 0 Å². The van der Waals surface area contributed by atoms with Crippen molar-refractivity contribution >= 4 is 40.7 Å². The predicted octanol–water partition coefficient (Wildman–Crippen LogP) is 2.92. The zero-order valence-corrected chi connectivity index (χ0v) is 9.47. The number of thioether (sulfide) groups is 1. The minimum atomic E-state index is -0.325. The van der Waals surface area contributed by atoms with E-state index in [4.69, 9.17) is 16.3 Å². The zero-order chi connectivity index (χ0) is 9.68. The first-order chi connectivity index (χ1) is 6.25. The first kappa shape index (κ1) is 10.9. The van der Waals surface area contributed by atoms with Gasteiger partial charge in [-0.25, -0.2) is 4.79 Å². The third-order valence-corrected chi connectivity index (χ3v) is 3.22. The van der Waals surface area contributed by atoms with Gasteiger partial charge in [0.05, 0.1) is 5.02 Å². The molecule has 0 radical (unpaired) electrons. The second kappa shape index (κ2) is 5.52. The second-order valence-corrected chi connectivity index (χ2v) is 4.54. The molecule has 0 aliphatic carbocycles. The van der Waals surface area contributed by atoms with Crippen LogP contribution in [0.15, 0.2) is 11.4 Å². The van der Waals surface area contributed by atoms with Gasteiger partial charge in [0, 0.05) is 5.75 Å². The number of hydrogen-bond donors (Lipinski definition) is 0. The maximum Gasteiger partial charge on any atom is 0.349 e. The van der Waals surface area contributed by atoms with Gasteiger partial charge in [-0.05, 0) is 17.7 Å². The van der Waals surface area contributed by atoms with Crippen LogP contribution >= 0.6 is 34.7 Å². The third-order valence-electron chi connectivity index (χ3n) is 1.32. The van der Waals surface area contributed by atoms with Crippen LogP contribution in [0.2, 0.25) is 5.02 Å². The standard InChI is InChI=1S/C8H9ClO2S2/c1-12-5-3-11-8(10)7-6(9)2-4-13-7/h2,4H,3,5H2,1H3. The van der Waals surface area contributed by atoms with Crippen molar-refractivity contribution in [1.82, 2.24) is 0 Å². The van der Waals surface area contributed by atoms with Gasteiger partial charge in [-0.1, -0.05) is 11.6 Å². The lowest BCUT2D eigenvalue weighted by Gasteiger charge is -2.01. The molecule has 0 saturated heterocycles. The Morgan fingerprint density at radius 3 is 3.08 bits per heavy atom. The molecular weight excluding hydrogens is 228 g/mol. The van der Waals surface area contributed by atoms with Crippen molar-refractivity contribution in [3.63, 3.8) is 0 Å². The summed E-state index contributed by atoms with van der Waals surface area (Å²) in [5.74, 6) is 0.489. The van der Waals surface area contributed by atoms with Crippen molar-refractivity contribution in [3.05, 3.63) is 21.3 Å². The fourth-order valence-electron chi connectivity index (χ4n) is 0.723. The zero-order valence-electron chi connectivity index (χ0n) is 7.08. The van der Waals surface area contributed by atoms with Gasteiger partial charge in [-0.2, -0.15) is 11.8 Å². The lowest BCUT2D eigenvalue weighted by molar-refractivity contribution is 0.0536. The summed E-state index contributed by atoms with van der Waals surface area (Å²) < 4.78 is 4.97. The molecule has 0 spiro atoms. The van der Waals surface area contributed by atoms with Gasteiger partial charge in [0.1, 0.15) is 11.5 Å². The summed E-state index contributed by atoms with van der Waals surface area (Å²) in [7, 11) is 0. The van der Waals surface area contributed by atoms with Gasteiger partial charge >= 0.3 is 5.97 Å². The highest BCUT2D eigenvalue weighted by Gasteiger charge is 2.12. The molecule has 1 rings (SSSR count). The van der Waals surface area contributed by atoms with E-state index in [0.717, 1.165) is 5.75 Å². The van der Waals surface area contributed by atoms with E-state index in [9.17, 15) is 4.79 Å². The summed E-state index contributed by atoms with van der Waals surface area (Å²) in [6.45, 7) is 0.439. The summed E-state index contributed by atoms with van der Waals surface area (Å²) in [5.41, 5.74) is 0. The number of ether oxygens (including phenoxy) is 1. The predicted molar refractivity (Wildman–Crippen MR) is 58.0 cm³/mol. The van der Waals surface area contributed by atoms with Crippen LogP contribution in [0.1, 0.15) is 9.67 Å². The van der Waals surface area contributed by atoms with Crippen LogP contribution in [0.5, 0.6) is 0 Å². The fraction of sp³-hybridized carbons (Fsp3) is 0.375. The van der Waals surface area contributed by atoms with E-state index in [1.807, 2.05) is 6.26 Å². The Bertz CT molecular complexity index is 285. The number of halogens is 1. The number of hydrogen-bond acceptors (Lipinski definition) is 4. The highest BCUT2D eigenvalue weighted by molar-refractivity contribution is 7.98. The molecule has 0 atom stereocenters. The van der Waals surface area contributed by atoms with E-state index in [1.165, 1.54) is 11.3 Å². The van der Waals surface area contributed by atoms with Crippen LogP contribution in [0.25, 0.3) is 0 Å². The number of rotatable bonds is 4. The third kappa shape index (κ3) is 3.21. The first-order valence-corrected chi connectivity index (χ1v) is 6.30. The first-order valence-electron chi connectivity index (χ1n) is 3.64. The summed E-state index contributed by atoms with van der Waals surface area (Å²) in [4.78, 5) is 11.8. The van der Waals surface area contributed by atoms with Crippen LogP contribution in [-0.4, -0.2) is 24.6 Å². The Labute approximate surface area is 90.2 Å². The number of carbonyl (C=O) groups excluding carboxylic acids is 1. The van der Waals surface area contributed by atoms with Crippen molar-refractivity contribution in [2.75, 3.05) is 18.6 Å². The van der Waals surface area contributed by atoms with E-state index in [1.54, 1.807) is 23.2 Å². The molecule has 1 heterocycles. The molecular formula is C8H9ClO2S2. The SMILES string of the molecule is CSCCOC(=O)c1sccc1Cl. The van der Waals surface area contributed by atoms with Crippen molar-refractivity contribution in [3.8, 4) is 0 Å². The summed E-state index contributed by atoms with van der Waals surface area (Å²) >= 11 is 8.69. The van der Waals surface area contributed by atoms with Crippen molar-refractivity contribution in [2.45, 2.75) is 0 Å². The van der Waals surface area contributed by atoms with E-state index in [2.05, 4.69) is 0 Å². The number of carbonyl (C=O) groups is 1. The molecule has 2 nitrogen and oxygen atoms in total. The molecule has 1 aromatic rings.